The Morgan fingerprint density at radius 2 is 1.67 bits per heavy atom. The van der Waals surface area contributed by atoms with Crippen LogP contribution in [0.25, 0.3) is 0 Å². The van der Waals surface area contributed by atoms with E-state index in [2.05, 4.69) is 20.4 Å². The van der Waals surface area contributed by atoms with E-state index in [1.54, 1.807) is 0 Å². The Morgan fingerprint density at radius 3 is 2.33 bits per heavy atom. The number of nitrogens with zero attached hydrogens (tertiary/aromatic N) is 7. The second kappa shape index (κ2) is 9.77. The van der Waals surface area contributed by atoms with Gasteiger partial charge in [0.1, 0.15) is 12.4 Å². The number of hydrogen-bond acceptors (Lipinski definition) is 7. The molecule has 0 aliphatic carbocycles. The van der Waals surface area contributed by atoms with E-state index in [-0.39, 0.29) is 11.8 Å². The number of benzene rings is 1. The Morgan fingerprint density at radius 1 is 0.967 bits per heavy atom. The van der Waals surface area contributed by atoms with Crippen LogP contribution in [0.1, 0.15) is 11.6 Å². The van der Waals surface area contributed by atoms with Crippen molar-refractivity contribution in [1.29, 1.82) is 0 Å². The smallest absolute Gasteiger partial charge is 0.248 e. The summed E-state index contributed by atoms with van der Waals surface area (Å²) in [5.74, 6) is 0.0942. The van der Waals surface area contributed by atoms with E-state index in [1.807, 2.05) is 40.1 Å². The number of hydrogen-bond donors (Lipinski definition) is 0. The Bertz CT molecular complexity index is 816. The summed E-state index contributed by atoms with van der Waals surface area (Å²) in [6.45, 7) is 5.46. The highest BCUT2D eigenvalue weighted by atomic mass is 16.5. The van der Waals surface area contributed by atoms with Crippen LogP contribution in [0.4, 0.5) is 0 Å². The average molecular weight is 413 g/mol. The summed E-state index contributed by atoms with van der Waals surface area (Å²) in [6, 6.07) is 9.34. The zero-order valence-corrected chi connectivity index (χ0v) is 17.0. The summed E-state index contributed by atoms with van der Waals surface area (Å²) in [6.07, 6.45) is 1.99. The monoisotopic (exact) mass is 413 g/mol. The Hall–Kier alpha value is -2.85. The molecule has 0 bridgehead atoms. The zero-order valence-electron chi connectivity index (χ0n) is 17.0. The van der Waals surface area contributed by atoms with Crippen molar-refractivity contribution in [2.45, 2.75) is 12.5 Å². The quantitative estimate of drug-likeness (QED) is 0.627. The summed E-state index contributed by atoms with van der Waals surface area (Å²) in [5, 5.41) is 11.4. The van der Waals surface area contributed by atoms with Gasteiger partial charge in [0.05, 0.1) is 19.8 Å². The van der Waals surface area contributed by atoms with Crippen molar-refractivity contribution in [3.63, 3.8) is 0 Å². The number of rotatable bonds is 6. The summed E-state index contributed by atoms with van der Waals surface area (Å²) >= 11 is 0. The lowest BCUT2D eigenvalue weighted by atomic mass is 10.0. The molecule has 10 heteroatoms. The fourth-order valence-corrected chi connectivity index (χ4v) is 3.88. The maximum atomic E-state index is 13.3. The van der Waals surface area contributed by atoms with E-state index >= 15 is 0 Å². The molecule has 2 saturated heterocycles. The van der Waals surface area contributed by atoms with Crippen molar-refractivity contribution in [2.75, 3.05) is 59.0 Å². The summed E-state index contributed by atoms with van der Waals surface area (Å²) in [7, 11) is 0. The number of tetrazole rings is 1. The van der Waals surface area contributed by atoms with Crippen molar-refractivity contribution < 1.29 is 14.3 Å². The summed E-state index contributed by atoms with van der Waals surface area (Å²) in [4.78, 5) is 31.7. The third-order valence-electron chi connectivity index (χ3n) is 5.65. The van der Waals surface area contributed by atoms with Crippen LogP contribution < -0.4 is 0 Å². The van der Waals surface area contributed by atoms with Crippen LogP contribution in [-0.2, 0) is 20.7 Å². The van der Waals surface area contributed by atoms with Crippen molar-refractivity contribution in [2.24, 2.45) is 0 Å². The highest BCUT2D eigenvalue weighted by Crippen LogP contribution is 2.17. The molecule has 30 heavy (non-hydrogen) atoms. The van der Waals surface area contributed by atoms with Gasteiger partial charge in [-0.2, -0.15) is 0 Å². The van der Waals surface area contributed by atoms with Gasteiger partial charge in [-0.3, -0.25) is 14.5 Å². The topological polar surface area (TPSA) is 96.7 Å². The lowest BCUT2D eigenvalue weighted by molar-refractivity contribution is -0.142. The van der Waals surface area contributed by atoms with Gasteiger partial charge in [-0.1, -0.05) is 30.3 Å². The first-order valence-corrected chi connectivity index (χ1v) is 10.3. The molecule has 1 unspecified atom stereocenters. The molecule has 0 N–H and O–H groups in total. The number of amides is 2. The first kappa shape index (κ1) is 20.4. The zero-order chi connectivity index (χ0) is 20.8. The van der Waals surface area contributed by atoms with E-state index in [1.165, 1.54) is 11.0 Å². The highest BCUT2D eigenvalue weighted by Gasteiger charge is 2.31. The van der Waals surface area contributed by atoms with Crippen LogP contribution in [0.5, 0.6) is 0 Å². The Kier molecular flexibility index (Phi) is 6.65. The molecule has 2 fully saturated rings. The predicted octanol–water partition coefficient (Wildman–Crippen LogP) is -0.540. The molecule has 4 rings (SSSR count). The second-order valence-electron chi connectivity index (χ2n) is 7.59. The standard InChI is InChI=1S/C20H27N7O3/c28-19(15-24-10-12-30-13-11-24)25-6-8-26(9-7-25)20(29)18(27-16-21-22-23-27)14-17-4-2-1-3-5-17/h1-5,16,18H,6-15H2. The SMILES string of the molecule is O=C(CN1CCOCC1)N1CCN(C(=O)C(Cc2ccccc2)n2cnnn2)CC1. The molecule has 2 aliphatic rings. The maximum absolute atomic E-state index is 13.3. The Balaban J connectivity index is 1.35. The minimum atomic E-state index is -0.502. The van der Waals surface area contributed by atoms with Crippen LogP contribution >= 0.6 is 0 Å². The third-order valence-corrected chi connectivity index (χ3v) is 5.65. The molecular formula is C20H27N7O3. The highest BCUT2D eigenvalue weighted by molar-refractivity contribution is 5.82. The summed E-state index contributed by atoms with van der Waals surface area (Å²) < 4.78 is 6.86. The lowest BCUT2D eigenvalue weighted by Gasteiger charge is -2.37. The number of morpholine rings is 1. The molecule has 0 radical (unpaired) electrons. The fraction of sp³-hybridized carbons (Fsp3) is 0.550. The van der Waals surface area contributed by atoms with Gasteiger partial charge in [0.2, 0.25) is 11.8 Å². The van der Waals surface area contributed by atoms with Gasteiger partial charge in [-0.05, 0) is 16.0 Å². The van der Waals surface area contributed by atoms with Crippen molar-refractivity contribution in [3.8, 4) is 0 Å². The lowest BCUT2D eigenvalue weighted by Crippen LogP contribution is -2.54. The van der Waals surface area contributed by atoms with Crippen LogP contribution in [0.15, 0.2) is 36.7 Å². The normalized spacial score (nSPS) is 18.9. The summed E-state index contributed by atoms with van der Waals surface area (Å²) in [5.41, 5.74) is 1.05. The van der Waals surface area contributed by atoms with Crippen LogP contribution in [0.2, 0.25) is 0 Å². The molecule has 10 nitrogen and oxygen atoms in total. The van der Waals surface area contributed by atoms with E-state index < -0.39 is 6.04 Å². The van der Waals surface area contributed by atoms with Gasteiger partial charge in [0.25, 0.3) is 0 Å². The number of aromatic nitrogens is 4. The minimum Gasteiger partial charge on any atom is -0.379 e. The molecule has 3 heterocycles. The molecule has 160 valence electrons. The number of ether oxygens (including phenoxy) is 1. The van der Waals surface area contributed by atoms with Gasteiger partial charge < -0.3 is 14.5 Å². The van der Waals surface area contributed by atoms with Gasteiger partial charge in [0, 0.05) is 45.7 Å². The fourth-order valence-electron chi connectivity index (χ4n) is 3.88. The molecule has 1 aromatic heterocycles. The van der Waals surface area contributed by atoms with Crippen molar-refractivity contribution >= 4 is 11.8 Å². The molecular weight excluding hydrogens is 386 g/mol. The van der Waals surface area contributed by atoms with Crippen LogP contribution in [0.3, 0.4) is 0 Å². The molecule has 1 atom stereocenters. The molecule has 2 aromatic rings. The third kappa shape index (κ3) is 5.00. The number of carbonyl (C=O) groups excluding carboxylic acids is 2. The largest absolute Gasteiger partial charge is 0.379 e. The maximum Gasteiger partial charge on any atom is 0.248 e. The van der Waals surface area contributed by atoms with Crippen LogP contribution in [0, 0.1) is 0 Å². The molecule has 1 aromatic carbocycles. The Labute approximate surface area is 175 Å². The molecule has 2 aliphatic heterocycles. The molecule has 0 saturated carbocycles. The van der Waals surface area contributed by atoms with Gasteiger partial charge >= 0.3 is 0 Å². The minimum absolute atomic E-state index is 0.0218. The first-order chi connectivity index (χ1) is 14.7. The molecule has 0 spiro atoms. The van der Waals surface area contributed by atoms with E-state index in [0.29, 0.717) is 52.4 Å². The van der Waals surface area contributed by atoms with E-state index in [9.17, 15) is 9.59 Å². The van der Waals surface area contributed by atoms with Gasteiger partial charge in [0.15, 0.2) is 0 Å². The molecule has 2 amide bonds. The predicted molar refractivity (Wildman–Crippen MR) is 107 cm³/mol. The van der Waals surface area contributed by atoms with Gasteiger partial charge in [-0.25, -0.2) is 4.68 Å². The number of carbonyl (C=O) groups is 2. The van der Waals surface area contributed by atoms with E-state index in [0.717, 1.165) is 18.7 Å². The average Bonchev–Trinajstić information content (AvgIpc) is 3.33. The van der Waals surface area contributed by atoms with Gasteiger partial charge in [-0.15, -0.1) is 5.10 Å². The van der Waals surface area contributed by atoms with E-state index in [4.69, 9.17) is 4.74 Å². The van der Waals surface area contributed by atoms with Crippen molar-refractivity contribution in [1.82, 2.24) is 34.9 Å². The number of piperazine rings is 1. The van der Waals surface area contributed by atoms with Crippen LogP contribution in [-0.4, -0.2) is 106 Å². The first-order valence-electron chi connectivity index (χ1n) is 10.3. The van der Waals surface area contributed by atoms with Crippen molar-refractivity contribution in [3.05, 3.63) is 42.2 Å². The second-order valence-corrected chi connectivity index (χ2v) is 7.59.